The summed E-state index contributed by atoms with van der Waals surface area (Å²) in [4.78, 5) is 39.4. The molecule has 0 spiro atoms. The van der Waals surface area contributed by atoms with Gasteiger partial charge in [-0.25, -0.2) is 0 Å². The molecule has 0 atom stereocenters. The minimum absolute atomic E-state index is 0.0734. The van der Waals surface area contributed by atoms with Crippen molar-refractivity contribution in [3.05, 3.63) is 73.5 Å². The molecule has 31 heavy (non-hydrogen) atoms. The molecule has 1 amide bonds. The summed E-state index contributed by atoms with van der Waals surface area (Å²) in [6.45, 7) is 3.66. The van der Waals surface area contributed by atoms with E-state index in [4.69, 9.17) is 16.3 Å². The lowest BCUT2D eigenvalue weighted by molar-refractivity contribution is -0.384. The average molecular weight is 460 g/mol. The monoisotopic (exact) mass is 459 g/mol. The number of fused-ring (bicyclic) bond motifs is 1. The maximum absolute atomic E-state index is 12.5. The molecule has 0 unspecified atom stereocenters. The number of hydrogen-bond acceptors (Lipinski definition) is 6. The van der Waals surface area contributed by atoms with Gasteiger partial charge < -0.3 is 9.30 Å². The van der Waals surface area contributed by atoms with Crippen LogP contribution >= 0.6 is 22.9 Å². The fraction of sp³-hybridized carbons (Fsp3) is 0.190. The predicted octanol–water partition coefficient (Wildman–Crippen LogP) is 4.28. The van der Waals surface area contributed by atoms with Gasteiger partial charge in [0.2, 0.25) is 0 Å². The number of carbonyl (C=O) groups is 2. The largest absolute Gasteiger partial charge is 0.465 e. The average Bonchev–Trinajstić information content (AvgIpc) is 3.07. The van der Waals surface area contributed by atoms with Crippen molar-refractivity contribution in [2.45, 2.75) is 20.4 Å². The van der Waals surface area contributed by atoms with Gasteiger partial charge in [0.25, 0.3) is 11.6 Å². The van der Waals surface area contributed by atoms with Crippen LogP contribution in [0.2, 0.25) is 5.02 Å². The molecule has 1 aromatic heterocycles. The first-order valence-corrected chi connectivity index (χ1v) is 10.4. The molecule has 0 N–H and O–H groups in total. The van der Waals surface area contributed by atoms with E-state index in [1.165, 1.54) is 41.7 Å². The summed E-state index contributed by atoms with van der Waals surface area (Å²) in [5.41, 5.74) is 1.90. The van der Waals surface area contributed by atoms with Gasteiger partial charge in [0, 0.05) is 23.2 Å². The fourth-order valence-corrected chi connectivity index (χ4v) is 4.17. The van der Waals surface area contributed by atoms with Gasteiger partial charge >= 0.3 is 5.97 Å². The summed E-state index contributed by atoms with van der Waals surface area (Å²) >= 11 is 7.49. The molecule has 3 aromatic rings. The number of amides is 1. The minimum Gasteiger partial charge on any atom is -0.465 e. The number of nitro groups is 1. The molecule has 0 aliphatic heterocycles. The highest BCUT2D eigenvalue weighted by molar-refractivity contribution is 7.16. The number of esters is 1. The molecule has 160 valence electrons. The fourth-order valence-electron chi connectivity index (χ4n) is 2.92. The first kappa shape index (κ1) is 22.4. The zero-order chi connectivity index (χ0) is 22.5. The van der Waals surface area contributed by atoms with Gasteiger partial charge in [-0.2, -0.15) is 4.99 Å². The molecular formula is C21H18ClN3O5S. The van der Waals surface area contributed by atoms with Crippen molar-refractivity contribution in [3.8, 4) is 0 Å². The number of benzene rings is 2. The van der Waals surface area contributed by atoms with Crippen molar-refractivity contribution < 1.29 is 19.2 Å². The maximum Gasteiger partial charge on any atom is 0.326 e. The van der Waals surface area contributed by atoms with E-state index in [0.29, 0.717) is 20.9 Å². The standard InChI is InChI=1S/C21H18ClN3O5S/c1-3-30-19(27)12-24-20-13(2)16(22)8-9-17(20)31-21(24)23-18(26)10-7-14-5-4-6-15(11-14)25(28)29/h4-11H,3,12H2,1-2H3/b10-7+,23-21?. The van der Waals surface area contributed by atoms with Crippen LogP contribution in [0.25, 0.3) is 16.3 Å². The van der Waals surface area contributed by atoms with E-state index in [9.17, 15) is 19.7 Å². The number of nitrogens with zero attached hydrogens (tertiary/aromatic N) is 3. The van der Waals surface area contributed by atoms with E-state index >= 15 is 0 Å². The molecule has 10 heteroatoms. The maximum atomic E-state index is 12.5. The van der Waals surface area contributed by atoms with Gasteiger partial charge in [-0.05, 0) is 43.2 Å². The first-order valence-electron chi connectivity index (χ1n) is 9.25. The third-order valence-corrected chi connectivity index (χ3v) is 5.78. The molecule has 0 saturated heterocycles. The quantitative estimate of drug-likeness (QED) is 0.237. The molecule has 0 aliphatic carbocycles. The van der Waals surface area contributed by atoms with E-state index < -0.39 is 16.8 Å². The van der Waals surface area contributed by atoms with Crippen LogP contribution < -0.4 is 4.80 Å². The first-order chi connectivity index (χ1) is 14.8. The second-order valence-corrected chi connectivity index (χ2v) is 7.85. The van der Waals surface area contributed by atoms with Crippen LogP contribution in [-0.4, -0.2) is 28.0 Å². The molecule has 0 bridgehead atoms. The van der Waals surface area contributed by atoms with Crippen molar-refractivity contribution in [3.63, 3.8) is 0 Å². The van der Waals surface area contributed by atoms with Crippen molar-refractivity contribution in [1.29, 1.82) is 0 Å². The number of aryl methyl sites for hydroxylation is 1. The van der Waals surface area contributed by atoms with Crippen molar-refractivity contribution in [1.82, 2.24) is 4.57 Å². The Morgan fingerprint density at radius 2 is 2.10 bits per heavy atom. The number of nitro benzene ring substituents is 1. The van der Waals surface area contributed by atoms with Crippen LogP contribution in [0.15, 0.2) is 47.5 Å². The molecule has 8 nitrogen and oxygen atoms in total. The van der Waals surface area contributed by atoms with Gasteiger partial charge in [-0.1, -0.05) is 35.1 Å². The Morgan fingerprint density at radius 1 is 1.32 bits per heavy atom. The molecule has 2 aromatic carbocycles. The molecular weight excluding hydrogens is 442 g/mol. The number of halogens is 1. The second kappa shape index (κ2) is 9.67. The highest BCUT2D eigenvalue weighted by Gasteiger charge is 2.15. The van der Waals surface area contributed by atoms with E-state index in [1.807, 2.05) is 6.92 Å². The molecule has 0 saturated carbocycles. The van der Waals surface area contributed by atoms with E-state index in [-0.39, 0.29) is 18.8 Å². The van der Waals surface area contributed by atoms with Crippen LogP contribution in [0.3, 0.4) is 0 Å². The van der Waals surface area contributed by atoms with Crippen molar-refractivity contribution in [2.75, 3.05) is 6.61 Å². The molecule has 3 rings (SSSR count). The van der Waals surface area contributed by atoms with E-state index in [0.717, 1.165) is 10.3 Å². The third-order valence-electron chi connectivity index (χ3n) is 4.33. The number of aromatic nitrogens is 1. The highest BCUT2D eigenvalue weighted by atomic mass is 35.5. The second-order valence-electron chi connectivity index (χ2n) is 6.43. The lowest BCUT2D eigenvalue weighted by Gasteiger charge is -2.07. The Hall–Kier alpha value is -3.30. The van der Waals surface area contributed by atoms with E-state index in [1.54, 1.807) is 29.7 Å². The smallest absolute Gasteiger partial charge is 0.326 e. The summed E-state index contributed by atoms with van der Waals surface area (Å²) < 4.78 is 7.48. The number of hydrogen-bond donors (Lipinski definition) is 0. The normalized spacial score (nSPS) is 11.9. The number of thiazole rings is 1. The summed E-state index contributed by atoms with van der Waals surface area (Å²) in [5, 5.41) is 11.4. The Morgan fingerprint density at radius 3 is 2.81 bits per heavy atom. The number of rotatable bonds is 6. The Kier molecular flexibility index (Phi) is 6.98. The van der Waals surface area contributed by atoms with Gasteiger partial charge in [0.15, 0.2) is 4.80 Å². The summed E-state index contributed by atoms with van der Waals surface area (Å²) in [5.74, 6) is -1.03. The Bertz CT molecular complexity index is 1280. The van der Waals surface area contributed by atoms with E-state index in [2.05, 4.69) is 4.99 Å². The van der Waals surface area contributed by atoms with Crippen LogP contribution in [0.4, 0.5) is 5.69 Å². The number of non-ortho nitro benzene ring substituents is 1. The highest BCUT2D eigenvalue weighted by Crippen LogP contribution is 2.27. The van der Waals surface area contributed by atoms with Crippen LogP contribution in [0.1, 0.15) is 18.1 Å². The van der Waals surface area contributed by atoms with Crippen molar-refractivity contribution >= 4 is 56.8 Å². The van der Waals surface area contributed by atoms with Gasteiger partial charge in [0.05, 0.1) is 21.7 Å². The third kappa shape index (κ3) is 5.25. The summed E-state index contributed by atoms with van der Waals surface area (Å²) in [6, 6.07) is 9.45. The van der Waals surface area contributed by atoms with Crippen LogP contribution in [0.5, 0.6) is 0 Å². The van der Waals surface area contributed by atoms with Gasteiger partial charge in [0.1, 0.15) is 6.54 Å². The molecule has 0 aliphatic rings. The number of carbonyl (C=O) groups excluding carboxylic acids is 2. The zero-order valence-electron chi connectivity index (χ0n) is 16.7. The number of ether oxygens (including phenoxy) is 1. The summed E-state index contributed by atoms with van der Waals surface area (Å²) in [7, 11) is 0. The predicted molar refractivity (Wildman–Crippen MR) is 119 cm³/mol. The van der Waals surface area contributed by atoms with Gasteiger partial charge in [-0.15, -0.1) is 0 Å². The zero-order valence-corrected chi connectivity index (χ0v) is 18.3. The molecule has 1 heterocycles. The van der Waals surface area contributed by atoms with Crippen LogP contribution in [0, 0.1) is 17.0 Å². The van der Waals surface area contributed by atoms with Crippen LogP contribution in [-0.2, 0) is 20.9 Å². The minimum atomic E-state index is -0.570. The topological polar surface area (TPSA) is 104 Å². The molecule has 0 fully saturated rings. The molecule has 0 radical (unpaired) electrons. The van der Waals surface area contributed by atoms with Crippen molar-refractivity contribution in [2.24, 2.45) is 4.99 Å². The lowest BCUT2D eigenvalue weighted by Crippen LogP contribution is -2.23. The Labute approximate surface area is 186 Å². The Balaban J connectivity index is 2.01. The summed E-state index contributed by atoms with van der Waals surface area (Å²) in [6.07, 6.45) is 2.67. The lowest BCUT2D eigenvalue weighted by atomic mass is 10.2. The SMILES string of the molecule is CCOC(=O)Cn1c(=NC(=O)/C=C/c2cccc([N+](=O)[O-])c2)sc2ccc(Cl)c(C)c21. The van der Waals surface area contributed by atoms with Gasteiger partial charge in [-0.3, -0.25) is 19.7 Å².